The fourth-order valence-corrected chi connectivity index (χ4v) is 1.60. The van der Waals surface area contributed by atoms with Gasteiger partial charge in [-0.1, -0.05) is 0 Å². The number of hydrogen-bond acceptors (Lipinski definition) is 5. The van der Waals surface area contributed by atoms with Gasteiger partial charge in [0.05, 0.1) is 14.2 Å². The summed E-state index contributed by atoms with van der Waals surface area (Å²) in [5, 5.41) is 0. The lowest BCUT2D eigenvalue weighted by atomic mass is 10.3. The van der Waals surface area contributed by atoms with E-state index in [2.05, 4.69) is 4.28 Å². The maximum absolute atomic E-state index is 11.3. The van der Waals surface area contributed by atoms with E-state index in [0.29, 0.717) is 16.4 Å². The third kappa shape index (κ3) is 2.22. The minimum atomic E-state index is -1.74. The molecule has 0 bridgehead atoms. The molecular formula is C8H11NO4S. The van der Waals surface area contributed by atoms with Crippen molar-refractivity contribution in [1.82, 2.24) is 0 Å². The Hall–Kier alpha value is -1.11. The zero-order valence-electron chi connectivity index (χ0n) is 7.85. The van der Waals surface area contributed by atoms with Crippen molar-refractivity contribution >= 4 is 11.1 Å². The van der Waals surface area contributed by atoms with Crippen LogP contribution in [-0.2, 0) is 15.4 Å². The molecule has 1 aromatic rings. The van der Waals surface area contributed by atoms with E-state index in [9.17, 15) is 4.21 Å². The smallest absolute Gasteiger partial charge is 0.210 e. The largest absolute Gasteiger partial charge is 0.497 e. The minimum absolute atomic E-state index is 0.342. The van der Waals surface area contributed by atoms with Crippen molar-refractivity contribution in [3.63, 3.8) is 0 Å². The van der Waals surface area contributed by atoms with Gasteiger partial charge in [0, 0.05) is 6.07 Å². The van der Waals surface area contributed by atoms with Gasteiger partial charge in [0.25, 0.3) is 0 Å². The highest BCUT2D eigenvalue weighted by Crippen LogP contribution is 2.26. The molecule has 0 saturated heterocycles. The van der Waals surface area contributed by atoms with Crippen LogP contribution in [0.2, 0.25) is 0 Å². The fourth-order valence-electron chi connectivity index (χ4n) is 0.966. The van der Waals surface area contributed by atoms with Gasteiger partial charge in [0.1, 0.15) is 16.4 Å². The van der Waals surface area contributed by atoms with Crippen LogP contribution in [0.4, 0.5) is 0 Å². The van der Waals surface area contributed by atoms with E-state index in [4.69, 9.17) is 15.4 Å². The van der Waals surface area contributed by atoms with Crippen LogP contribution in [0.15, 0.2) is 23.1 Å². The lowest BCUT2D eigenvalue weighted by molar-refractivity contribution is 0.358. The summed E-state index contributed by atoms with van der Waals surface area (Å²) in [6.07, 6.45) is 0. The molecule has 78 valence electrons. The molecule has 0 amide bonds. The van der Waals surface area contributed by atoms with Crippen molar-refractivity contribution in [2.75, 3.05) is 14.2 Å². The van der Waals surface area contributed by atoms with Crippen LogP contribution >= 0.6 is 0 Å². The molecule has 0 radical (unpaired) electrons. The molecule has 0 aliphatic rings. The normalized spacial score (nSPS) is 12.2. The van der Waals surface area contributed by atoms with Gasteiger partial charge in [-0.3, -0.25) is 0 Å². The van der Waals surface area contributed by atoms with Gasteiger partial charge in [-0.05, 0) is 12.1 Å². The van der Waals surface area contributed by atoms with Gasteiger partial charge < -0.3 is 9.47 Å². The SMILES string of the molecule is COc1ccc(OC)c([S@](=O)ON)c1. The first kappa shape index (κ1) is 11.0. The zero-order chi connectivity index (χ0) is 10.6. The van der Waals surface area contributed by atoms with Crippen molar-refractivity contribution in [1.29, 1.82) is 0 Å². The highest BCUT2D eigenvalue weighted by molar-refractivity contribution is 7.80. The molecule has 14 heavy (non-hydrogen) atoms. The van der Waals surface area contributed by atoms with E-state index < -0.39 is 11.1 Å². The Morgan fingerprint density at radius 3 is 2.50 bits per heavy atom. The first-order chi connectivity index (χ1) is 6.72. The van der Waals surface area contributed by atoms with Crippen molar-refractivity contribution in [2.24, 2.45) is 5.90 Å². The van der Waals surface area contributed by atoms with Gasteiger partial charge in [0.15, 0.2) is 0 Å². The molecule has 0 unspecified atom stereocenters. The average Bonchev–Trinajstić information content (AvgIpc) is 2.27. The Labute approximate surface area is 84.4 Å². The monoisotopic (exact) mass is 217 g/mol. The molecule has 0 aliphatic heterocycles. The standard InChI is InChI=1S/C8H11NO4S/c1-11-6-3-4-7(12-2)8(5-6)14(10)13-9/h3-5H,9H2,1-2H3/t14-/m1/s1. The second-order valence-corrected chi connectivity index (χ2v) is 3.45. The minimum Gasteiger partial charge on any atom is -0.497 e. The lowest BCUT2D eigenvalue weighted by Gasteiger charge is -2.07. The number of nitrogens with two attached hydrogens (primary N) is 1. The van der Waals surface area contributed by atoms with E-state index in [1.807, 2.05) is 0 Å². The summed E-state index contributed by atoms with van der Waals surface area (Å²) in [7, 11) is 2.98. The van der Waals surface area contributed by atoms with E-state index in [1.54, 1.807) is 18.2 Å². The average molecular weight is 217 g/mol. The summed E-state index contributed by atoms with van der Waals surface area (Å²) < 4.78 is 25.5. The molecule has 0 fully saturated rings. The molecule has 0 aromatic heterocycles. The third-order valence-corrected chi connectivity index (χ3v) is 2.49. The molecule has 0 heterocycles. The van der Waals surface area contributed by atoms with E-state index >= 15 is 0 Å². The summed E-state index contributed by atoms with van der Waals surface area (Å²) in [6, 6.07) is 4.86. The molecule has 1 aromatic carbocycles. The summed E-state index contributed by atoms with van der Waals surface area (Å²) in [5.41, 5.74) is 0. The highest BCUT2D eigenvalue weighted by atomic mass is 32.2. The third-order valence-electron chi connectivity index (χ3n) is 1.64. The van der Waals surface area contributed by atoms with Crippen molar-refractivity contribution in [3.05, 3.63) is 18.2 Å². The summed E-state index contributed by atoms with van der Waals surface area (Å²) in [4.78, 5) is 0.342. The van der Waals surface area contributed by atoms with Gasteiger partial charge >= 0.3 is 0 Å². The van der Waals surface area contributed by atoms with E-state index in [1.165, 1.54) is 14.2 Å². The Bertz CT molecular complexity index is 342. The molecule has 1 rings (SSSR count). The van der Waals surface area contributed by atoms with Crippen LogP contribution < -0.4 is 15.4 Å². The number of methoxy groups -OCH3 is 2. The maximum atomic E-state index is 11.3. The number of hydrogen-bond donors (Lipinski definition) is 1. The number of rotatable bonds is 4. The Morgan fingerprint density at radius 2 is 2.00 bits per heavy atom. The maximum Gasteiger partial charge on any atom is 0.210 e. The van der Waals surface area contributed by atoms with Crippen molar-refractivity contribution < 1.29 is 18.0 Å². The predicted molar refractivity (Wildman–Crippen MR) is 51.2 cm³/mol. The fraction of sp³-hybridized carbons (Fsp3) is 0.250. The summed E-state index contributed by atoms with van der Waals surface area (Å²) in [5.74, 6) is 5.82. The summed E-state index contributed by atoms with van der Waals surface area (Å²) >= 11 is -1.74. The predicted octanol–water partition coefficient (Wildman–Crippen LogP) is 0.617. The van der Waals surface area contributed by atoms with Gasteiger partial charge in [0.2, 0.25) is 11.1 Å². The highest BCUT2D eigenvalue weighted by Gasteiger charge is 2.12. The van der Waals surface area contributed by atoms with Gasteiger partial charge in [-0.15, -0.1) is 0 Å². The van der Waals surface area contributed by atoms with E-state index in [-0.39, 0.29) is 0 Å². The van der Waals surface area contributed by atoms with Crippen LogP contribution in [0, 0.1) is 0 Å². The number of ether oxygens (including phenoxy) is 2. The van der Waals surface area contributed by atoms with Crippen LogP contribution in [0.3, 0.4) is 0 Å². The number of benzene rings is 1. The van der Waals surface area contributed by atoms with Gasteiger partial charge in [-0.25, -0.2) is 4.21 Å². The van der Waals surface area contributed by atoms with Crippen LogP contribution in [-0.4, -0.2) is 18.4 Å². The first-order valence-electron chi connectivity index (χ1n) is 3.74. The van der Waals surface area contributed by atoms with Crippen LogP contribution in [0.25, 0.3) is 0 Å². The molecular weight excluding hydrogens is 206 g/mol. The van der Waals surface area contributed by atoms with Crippen LogP contribution in [0.1, 0.15) is 0 Å². The quantitative estimate of drug-likeness (QED) is 0.748. The van der Waals surface area contributed by atoms with Crippen LogP contribution in [0.5, 0.6) is 11.5 Å². The Morgan fingerprint density at radius 1 is 1.29 bits per heavy atom. The second-order valence-electron chi connectivity index (χ2n) is 2.35. The molecule has 0 aliphatic carbocycles. The first-order valence-corrected chi connectivity index (χ1v) is 4.81. The van der Waals surface area contributed by atoms with E-state index in [0.717, 1.165) is 0 Å². The molecule has 5 nitrogen and oxygen atoms in total. The topological polar surface area (TPSA) is 70.8 Å². The molecule has 1 atom stereocenters. The molecule has 0 spiro atoms. The molecule has 6 heteroatoms. The van der Waals surface area contributed by atoms with Crippen molar-refractivity contribution in [2.45, 2.75) is 4.90 Å². The van der Waals surface area contributed by atoms with Crippen molar-refractivity contribution in [3.8, 4) is 11.5 Å². The second kappa shape index (κ2) is 4.94. The Kier molecular flexibility index (Phi) is 3.87. The Balaban J connectivity index is 3.14. The summed E-state index contributed by atoms with van der Waals surface area (Å²) in [6.45, 7) is 0. The lowest BCUT2D eigenvalue weighted by Crippen LogP contribution is -2.05. The molecule has 0 saturated carbocycles. The zero-order valence-corrected chi connectivity index (χ0v) is 8.67. The molecule has 2 N–H and O–H groups in total. The van der Waals surface area contributed by atoms with Gasteiger partial charge in [-0.2, -0.15) is 10.2 Å².